The Balaban J connectivity index is 1.70. The summed E-state index contributed by atoms with van der Waals surface area (Å²) in [5.74, 6) is -0.0749. The molecule has 0 radical (unpaired) electrons. The molecule has 0 saturated carbocycles. The van der Waals surface area contributed by atoms with Gasteiger partial charge in [0.05, 0.1) is 0 Å². The van der Waals surface area contributed by atoms with E-state index in [0.29, 0.717) is 0 Å². The predicted molar refractivity (Wildman–Crippen MR) is 135 cm³/mol. The highest BCUT2D eigenvalue weighted by Gasteiger charge is 2.33. The van der Waals surface area contributed by atoms with Crippen LogP contribution in [0.1, 0.15) is 28.2 Å². The summed E-state index contributed by atoms with van der Waals surface area (Å²) < 4.78 is 13.8. The quantitative estimate of drug-likeness (QED) is 0.266. The van der Waals surface area contributed by atoms with Crippen molar-refractivity contribution >= 4 is 0 Å². The van der Waals surface area contributed by atoms with E-state index in [-0.39, 0.29) is 11.7 Å². The average molecular weight is 427 g/mol. The molecule has 5 aromatic rings. The molecule has 0 N–H and O–H groups in total. The van der Waals surface area contributed by atoms with Gasteiger partial charge in [0.15, 0.2) is 0 Å². The Labute approximate surface area is 194 Å². The number of halogens is 1. The molecule has 1 aliphatic rings. The van der Waals surface area contributed by atoms with Gasteiger partial charge in [0.1, 0.15) is 5.82 Å². The molecule has 6 rings (SSSR count). The molecule has 0 amide bonds. The number of rotatable bonds is 3. The predicted octanol–water partition coefficient (Wildman–Crippen LogP) is 8.63. The van der Waals surface area contributed by atoms with E-state index in [9.17, 15) is 4.39 Å². The Morgan fingerprint density at radius 2 is 1.21 bits per heavy atom. The highest BCUT2D eigenvalue weighted by molar-refractivity contribution is 5.92. The summed E-state index contributed by atoms with van der Waals surface area (Å²) in [5.41, 5.74) is 12.3. The van der Waals surface area contributed by atoms with Gasteiger partial charge in [-0.1, -0.05) is 96.6 Å². The number of aryl methyl sites for hydroxylation is 1. The highest BCUT2D eigenvalue weighted by atomic mass is 19.1. The van der Waals surface area contributed by atoms with E-state index in [1.165, 1.54) is 44.5 Å². The Bertz CT molecular complexity index is 1450. The molecule has 0 nitrogen and oxygen atoms in total. The summed E-state index contributed by atoms with van der Waals surface area (Å²) in [7, 11) is 0. The van der Waals surface area contributed by atoms with Crippen LogP contribution in [-0.4, -0.2) is 0 Å². The number of fused-ring (bicyclic) bond motifs is 3. The zero-order valence-corrected chi connectivity index (χ0v) is 18.4. The molecular formula is C32H23F. The third kappa shape index (κ3) is 3.37. The molecule has 1 unspecified atom stereocenters. The number of hydrogen-bond donors (Lipinski definition) is 0. The smallest absolute Gasteiger partial charge is 0.123 e. The molecule has 0 aliphatic heterocycles. The van der Waals surface area contributed by atoms with Crippen LogP contribution >= 0.6 is 0 Å². The summed E-state index contributed by atoms with van der Waals surface area (Å²) in [6.45, 7) is 2.15. The minimum atomic E-state index is -0.215. The van der Waals surface area contributed by atoms with Crippen molar-refractivity contribution in [3.8, 4) is 33.4 Å². The molecule has 1 aliphatic carbocycles. The van der Waals surface area contributed by atoms with Crippen LogP contribution in [0.25, 0.3) is 33.4 Å². The molecular weight excluding hydrogens is 403 g/mol. The summed E-state index contributed by atoms with van der Waals surface area (Å²) in [6.07, 6.45) is 0. The second-order valence-corrected chi connectivity index (χ2v) is 8.79. The standard InChI is InChI=1S/C32H23F/c1-21-12-17-27-29(18-21)31(24-10-6-3-7-11-24)32-28(23-13-15-26(33)16-14-23)19-25(20-30(27)32)22-8-4-2-5-9-22/h2-20,31H,1H3. The molecule has 0 spiro atoms. The maximum absolute atomic E-state index is 13.8. The molecule has 0 fully saturated rings. The van der Waals surface area contributed by atoms with E-state index in [0.717, 1.165) is 11.1 Å². The van der Waals surface area contributed by atoms with E-state index in [1.54, 1.807) is 12.1 Å². The summed E-state index contributed by atoms with van der Waals surface area (Å²) in [5, 5.41) is 0. The second-order valence-electron chi connectivity index (χ2n) is 8.79. The molecule has 0 saturated heterocycles. The molecule has 0 heterocycles. The summed E-state index contributed by atoms with van der Waals surface area (Å²) >= 11 is 0. The van der Waals surface area contributed by atoms with Gasteiger partial charge >= 0.3 is 0 Å². The Morgan fingerprint density at radius 1 is 0.545 bits per heavy atom. The fourth-order valence-electron chi connectivity index (χ4n) is 5.17. The van der Waals surface area contributed by atoms with Crippen LogP contribution in [0.2, 0.25) is 0 Å². The minimum absolute atomic E-state index is 0.140. The molecule has 0 aromatic heterocycles. The SMILES string of the molecule is Cc1ccc2c(c1)C(c1ccccc1)c1c(-c3ccc(F)cc3)cc(-c3ccccc3)cc1-2. The van der Waals surface area contributed by atoms with Crippen LogP contribution < -0.4 is 0 Å². The van der Waals surface area contributed by atoms with Crippen LogP contribution in [0.3, 0.4) is 0 Å². The Kier molecular flexibility index (Phi) is 4.69. The van der Waals surface area contributed by atoms with Crippen molar-refractivity contribution < 1.29 is 4.39 Å². The zero-order valence-electron chi connectivity index (χ0n) is 18.4. The van der Waals surface area contributed by atoms with Crippen LogP contribution in [0.4, 0.5) is 4.39 Å². The van der Waals surface area contributed by atoms with Crippen molar-refractivity contribution in [2.24, 2.45) is 0 Å². The summed E-state index contributed by atoms with van der Waals surface area (Å²) in [6, 6.07) is 39.5. The van der Waals surface area contributed by atoms with Crippen LogP contribution in [0.15, 0.2) is 115 Å². The zero-order chi connectivity index (χ0) is 22.4. The minimum Gasteiger partial charge on any atom is -0.207 e. The molecule has 33 heavy (non-hydrogen) atoms. The van der Waals surface area contributed by atoms with E-state index < -0.39 is 0 Å². The van der Waals surface area contributed by atoms with Gasteiger partial charge in [-0.05, 0) is 81.3 Å². The van der Waals surface area contributed by atoms with E-state index in [4.69, 9.17) is 0 Å². The first-order valence-corrected chi connectivity index (χ1v) is 11.3. The lowest BCUT2D eigenvalue weighted by molar-refractivity contribution is 0.628. The van der Waals surface area contributed by atoms with Crippen molar-refractivity contribution in [3.63, 3.8) is 0 Å². The first-order valence-electron chi connectivity index (χ1n) is 11.3. The molecule has 158 valence electrons. The monoisotopic (exact) mass is 426 g/mol. The molecule has 5 aromatic carbocycles. The number of hydrogen-bond acceptors (Lipinski definition) is 0. The maximum Gasteiger partial charge on any atom is 0.123 e. The van der Waals surface area contributed by atoms with Gasteiger partial charge in [0.2, 0.25) is 0 Å². The highest BCUT2D eigenvalue weighted by Crippen LogP contribution is 2.53. The van der Waals surface area contributed by atoms with Gasteiger partial charge < -0.3 is 0 Å². The fourth-order valence-corrected chi connectivity index (χ4v) is 5.17. The van der Waals surface area contributed by atoms with Crippen molar-refractivity contribution in [3.05, 3.63) is 143 Å². The second kappa shape index (κ2) is 7.86. The molecule has 1 heteroatoms. The maximum atomic E-state index is 13.8. The van der Waals surface area contributed by atoms with Crippen molar-refractivity contribution in [2.45, 2.75) is 12.8 Å². The molecule has 0 bridgehead atoms. The lowest BCUT2D eigenvalue weighted by Crippen LogP contribution is -2.02. The van der Waals surface area contributed by atoms with Gasteiger partial charge in [-0.25, -0.2) is 4.39 Å². The normalized spacial score (nSPS) is 14.1. The van der Waals surface area contributed by atoms with Gasteiger partial charge in [-0.15, -0.1) is 0 Å². The van der Waals surface area contributed by atoms with Crippen LogP contribution in [0, 0.1) is 12.7 Å². The number of benzene rings is 5. The van der Waals surface area contributed by atoms with Gasteiger partial charge in [-0.2, -0.15) is 0 Å². The van der Waals surface area contributed by atoms with Crippen molar-refractivity contribution in [1.29, 1.82) is 0 Å². The molecule has 1 atom stereocenters. The fraction of sp³-hybridized carbons (Fsp3) is 0.0625. The van der Waals surface area contributed by atoms with Crippen LogP contribution in [0.5, 0.6) is 0 Å². The first kappa shape index (κ1) is 19.7. The van der Waals surface area contributed by atoms with Crippen molar-refractivity contribution in [1.82, 2.24) is 0 Å². The third-order valence-corrected chi connectivity index (χ3v) is 6.67. The Hall–Kier alpha value is -3.97. The van der Waals surface area contributed by atoms with Gasteiger partial charge in [0, 0.05) is 5.92 Å². The van der Waals surface area contributed by atoms with Gasteiger partial charge in [0.25, 0.3) is 0 Å². The van der Waals surface area contributed by atoms with Crippen molar-refractivity contribution in [2.75, 3.05) is 0 Å². The Morgan fingerprint density at radius 3 is 1.94 bits per heavy atom. The topological polar surface area (TPSA) is 0 Å². The third-order valence-electron chi connectivity index (χ3n) is 6.67. The van der Waals surface area contributed by atoms with E-state index in [1.807, 2.05) is 18.2 Å². The lowest BCUT2D eigenvalue weighted by Gasteiger charge is -2.20. The largest absolute Gasteiger partial charge is 0.207 e. The average Bonchev–Trinajstić information content (AvgIpc) is 3.18. The van der Waals surface area contributed by atoms with Gasteiger partial charge in [-0.3, -0.25) is 0 Å². The summed E-state index contributed by atoms with van der Waals surface area (Å²) in [4.78, 5) is 0. The van der Waals surface area contributed by atoms with Crippen LogP contribution in [-0.2, 0) is 0 Å². The van der Waals surface area contributed by atoms with E-state index >= 15 is 0 Å². The lowest BCUT2D eigenvalue weighted by atomic mass is 9.83. The van der Waals surface area contributed by atoms with E-state index in [2.05, 4.69) is 91.9 Å². The first-order chi connectivity index (χ1) is 16.2.